The van der Waals surface area contributed by atoms with Crippen molar-refractivity contribution < 1.29 is 13.9 Å². The number of nitrogens with one attached hydrogen (secondary N) is 1. The number of anilines is 2. The summed E-state index contributed by atoms with van der Waals surface area (Å²) < 4.78 is 26.7. The van der Waals surface area contributed by atoms with Gasteiger partial charge < -0.3 is 14.8 Å². The fourth-order valence-electron chi connectivity index (χ4n) is 2.97. The third-order valence-corrected chi connectivity index (χ3v) is 4.19. The molecule has 4 rings (SSSR count). The van der Waals surface area contributed by atoms with Gasteiger partial charge >= 0.3 is 6.08 Å². The standard InChI is InChI=1S/C17H18FN5O2/c1-24-12-6-4-5-11(9-12)20-15-14-16(22-17(18)21-15)23(10-19-14)13-7-2-3-8-25-13/h4-6,9-10,13H,2-3,7-8H2,1H3,(H,20,21,22). The number of ether oxygens (including phenoxy) is 2. The van der Waals surface area contributed by atoms with Crippen LogP contribution in [0.2, 0.25) is 0 Å². The molecule has 1 atom stereocenters. The van der Waals surface area contributed by atoms with E-state index in [-0.39, 0.29) is 6.23 Å². The Morgan fingerprint density at radius 3 is 3.04 bits per heavy atom. The van der Waals surface area contributed by atoms with Crippen LogP contribution in [-0.4, -0.2) is 33.2 Å². The van der Waals surface area contributed by atoms with Crippen molar-refractivity contribution in [1.29, 1.82) is 0 Å². The Morgan fingerprint density at radius 2 is 2.24 bits per heavy atom. The second-order valence-electron chi connectivity index (χ2n) is 5.84. The van der Waals surface area contributed by atoms with Crippen molar-refractivity contribution >= 4 is 22.7 Å². The smallest absolute Gasteiger partial charge is 0.312 e. The molecule has 1 saturated heterocycles. The van der Waals surface area contributed by atoms with Crippen LogP contribution in [-0.2, 0) is 4.74 Å². The lowest BCUT2D eigenvalue weighted by Crippen LogP contribution is -2.18. The first-order valence-corrected chi connectivity index (χ1v) is 8.17. The Balaban J connectivity index is 1.72. The quantitative estimate of drug-likeness (QED) is 0.732. The van der Waals surface area contributed by atoms with E-state index >= 15 is 0 Å². The van der Waals surface area contributed by atoms with Gasteiger partial charge in [0.15, 0.2) is 17.0 Å². The molecule has 8 heteroatoms. The molecule has 130 valence electrons. The van der Waals surface area contributed by atoms with Crippen molar-refractivity contribution in [2.24, 2.45) is 0 Å². The van der Waals surface area contributed by atoms with E-state index in [0.29, 0.717) is 29.3 Å². The molecule has 0 aliphatic carbocycles. The Hall–Kier alpha value is -2.74. The van der Waals surface area contributed by atoms with Crippen LogP contribution in [0.3, 0.4) is 0 Å². The predicted octanol–water partition coefficient (Wildman–Crippen LogP) is 3.42. The SMILES string of the molecule is COc1cccc(Nc2nc(F)nc3c2ncn3C2CCCCO2)c1. The second kappa shape index (κ2) is 6.64. The van der Waals surface area contributed by atoms with Gasteiger partial charge in [0, 0.05) is 18.4 Å². The molecule has 0 radical (unpaired) electrons. The Kier molecular flexibility index (Phi) is 4.19. The number of imidazole rings is 1. The molecule has 3 heterocycles. The maximum atomic E-state index is 14.0. The molecule has 1 aromatic carbocycles. The Morgan fingerprint density at radius 1 is 1.32 bits per heavy atom. The van der Waals surface area contributed by atoms with Crippen LogP contribution in [0, 0.1) is 6.08 Å². The molecule has 2 aromatic heterocycles. The van der Waals surface area contributed by atoms with E-state index in [0.717, 1.165) is 24.9 Å². The average molecular weight is 343 g/mol. The van der Waals surface area contributed by atoms with Gasteiger partial charge in [-0.25, -0.2) is 4.98 Å². The molecule has 1 unspecified atom stereocenters. The largest absolute Gasteiger partial charge is 0.497 e. The summed E-state index contributed by atoms with van der Waals surface area (Å²) in [6, 6.07) is 7.31. The molecule has 0 spiro atoms. The summed E-state index contributed by atoms with van der Waals surface area (Å²) in [6.45, 7) is 0.687. The molecular formula is C17H18FN5O2. The van der Waals surface area contributed by atoms with Crippen molar-refractivity contribution in [2.75, 3.05) is 19.0 Å². The van der Waals surface area contributed by atoms with E-state index < -0.39 is 6.08 Å². The summed E-state index contributed by atoms with van der Waals surface area (Å²) in [6.07, 6.45) is 3.61. The Labute approximate surface area is 143 Å². The molecule has 1 N–H and O–H groups in total. The number of fused-ring (bicyclic) bond motifs is 1. The van der Waals surface area contributed by atoms with Crippen molar-refractivity contribution in [3.63, 3.8) is 0 Å². The van der Waals surface area contributed by atoms with Crippen molar-refractivity contribution in [1.82, 2.24) is 19.5 Å². The number of hydrogen-bond donors (Lipinski definition) is 1. The highest BCUT2D eigenvalue weighted by Crippen LogP contribution is 2.29. The van der Waals surface area contributed by atoms with Gasteiger partial charge in [0.25, 0.3) is 0 Å². The van der Waals surface area contributed by atoms with Gasteiger partial charge in [-0.15, -0.1) is 0 Å². The molecule has 7 nitrogen and oxygen atoms in total. The minimum absolute atomic E-state index is 0.169. The highest BCUT2D eigenvalue weighted by atomic mass is 19.1. The lowest BCUT2D eigenvalue weighted by molar-refractivity contribution is -0.0298. The molecule has 25 heavy (non-hydrogen) atoms. The second-order valence-corrected chi connectivity index (χ2v) is 5.84. The van der Waals surface area contributed by atoms with Gasteiger partial charge in [-0.1, -0.05) is 6.07 Å². The zero-order valence-electron chi connectivity index (χ0n) is 13.8. The molecule has 0 saturated carbocycles. The summed E-state index contributed by atoms with van der Waals surface area (Å²) in [4.78, 5) is 12.2. The lowest BCUT2D eigenvalue weighted by atomic mass is 10.2. The van der Waals surface area contributed by atoms with Gasteiger partial charge in [0.2, 0.25) is 0 Å². The van der Waals surface area contributed by atoms with Crippen LogP contribution in [0.5, 0.6) is 5.75 Å². The molecule has 1 aliphatic rings. The number of benzene rings is 1. The van der Waals surface area contributed by atoms with E-state index in [2.05, 4.69) is 20.3 Å². The number of aromatic nitrogens is 4. The number of nitrogens with zero attached hydrogens (tertiary/aromatic N) is 4. The van der Waals surface area contributed by atoms with Crippen molar-refractivity contribution in [2.45, 2.75) is 25.5 Å². The van der Waals surface area contributed by atoms with E-state index in [1.165, 1.54) is 0 Å². The molecule has 1 aliphatic heterocycles. The first kappa shape index (κ1) is 15.8. The minimum Gasteiger partial charge on any atom is -0.497 e. The molecule has 0 amide bonds. The normalized spacial score (nSPS) is 17.6. The van der Waals surface area contributed by atoms with E-state index in [9.17, 15) is 4.39 Å². The fourth-order valence-corrected chi connectivity index (χ4v) is 2.97. The van der Waals surface area contributed by atoms with Gasteiger partial charge in [-0.3, -0.25) is 4.57 Å². The zero-order chi connectivity index (χ0) is 17.2. The summed E-state index contributed by atoms with van der Waals surface area (Å²) in [5, 5.41) is 3.09. The lowest BCUT2D eigenvalue weighted by Gasteiger charge is -2.23. The van der Waals surface area contributed by atoms with Crippen LogP contribution < -0.4 is 10.1 Å². The van der Waals surface area contributed by atoms with Crippen molar-refractivity contribution in [3.05, 3.63) is 36.7 Å². The number of rotatable bonds is 4. The number of halogens is 1. The molecule has 3 aromatic rings. The van der Waals surface area contributed by atoms with Crippen LogP contribution in [0.4, 0.5) is 15.9 Å². The van der Waals surface area contributed by atoms with Crippen molar-refractivity contribution in [3.8, 4) is 5.75 Å². The first-order valence-electron chi connectivity index (χ1n) is 8.17. The van der Waals surface area contributed by atoms with Gasteiger partial charge in [0.05, 0.1) is 13.4 Å². The fraction of sp³-hybridized carbons (Fsp3) is 0.353. The van der Waals surface area contributed by atoms with Crippen LogP contribution in [0.1, 0.15) is 25.5 Å². The molecule has 0 bridgehead atoms. The minimum atomic E-state index is -0.810. The van der Waals surface area contributed by atoms with E-state index in [1.807, 2.05) is 18.2 Å². The zero-order valence-corrected chi connectivity index (χ0v) is 13.8. The first-order chi connectivity index (χ1) is 12.2. The molecular weight excluding hydrogens is 325 g/mol. The van der Waals surface area contributed by atoms with Gasteiger partial charge in [-0.2, -0.15) is 14.4 Å². The summed E-state index contributed by atoms with van der Waals surface area (Å²) in [7, 11) is 1.59. The maximum Gasteiger partial charge on any atom is 0.312 e. The van der Waals surface area contributed by atoms with Gasteiger partial charge in [-0.05, 0) is 31.4 Å². The third kappa shape index (κ3) is 3.12. The maximum absolute atomic E-state index is 14.0. The van der Waals surface area contributed by atoms with E-state index in [1.54, 1.807) is 24.1 Å². The summed E-state index contributed by atoms with van der Waals surface area (Å²) in [5.74, 6) is 1.00. The van der Waals surface area contributed by atoms with Crippen LogP contribution in [0.15, 0.2) is 30.6 Å². The van der Waals surface area contributed by atoms with Crippen LogP contribution in [0.25, 0.3) is 11.2 Å². The summed E-state index contributed by atoms with van der Waals surface area (Å²) >= 11 is 0. The molecule has 1 fully saturated rings. The third-order valence-electron chi connectivity index (χ3n) is 4.19. The highest BCUT2D eigenvalue weighted by Gasteiger charge is 2.21. The Bertz CT molecular complexity index is 892. The monoisotopic (exact) mass is 343 g/mol. The highest BCUT2D eigenvalue weighted by molar-refractivity contribution is 5.85. The van der Waals surface area contributed by atoms with Crippen LogP contribution >= 0.6 is 0 Å². The topological polar surface area (TPSA) is 74.1 Å². The van der Waals surface area contributed by atoms with E-state index in [4.69, 9.17) is 9.47 Å². The van der Waals surface area contributed by atoms with Gasteiger partial charge in [0.1, 0.15) is 12.0 Å². The predicted molar refractivity (Wildman–Crippen MR) is 90.4 cm³/mol. The number of methoxy groups -OCH3 is 1. The average Bonchev–Trinajstić information content (AvgIpc) is 3.06. The summed E-state index contributed by atoms with van der Waals surface area (Å²) in [5.41, 5.74) is 1.64. The number of hydrogen-bond acceptors (Lipinski definition) is 6.